The van der Waals surface area contributed by atoms with Gasteiger partial charge in [0.1, 0.15) is 5.75 Å². The Morgan fingerprint density at radius 1 is 0.947 bits per heavy atom. The number of hydrogen-bond donors (Lipinski definition) is 0. The van der Waals surface area contributed by atoms with Crippen LogP contribution in [0.1, 0.15) is 5.56 Å². The second kappa shape index (κ2) is 4.73. The number of benzene rings is 2. The van der Waals surface area contributed by atoms with Gasteiger partial charge in [-0.25, -0.2) is 4.98 Å². The fourth-order valence-corrected chi connectivity index (χ4v) is 2.33. The van der Waals surface area contributed by atoms with Gasteiger partial charge in [-0.1, -0.05) is 36.4 Å². The van der Waals surface area contributed by atoms with Gasteiger partial charge in [-0.2, -0.15) is 0 Å². The molecule has 0 spiro atoms. The molecule has 0 saturated heterocycles. The Morgan fingerprint density at radius 2 is 1.74 bits per heavy atom. The molecule has 0 atom stereocenters. The number of nitrogens with zero attached hydrogens (tertiary/aromatic N) is 1. The summed E-state index contributed by atoms with van der Waals surface area (Å²) in [6, 6.07) is 18.3. The van der Waals surface area contributed by atoms with E-state index in [4.69, 9.17) is 9.72 Å². The van der Waals surface area contributed by atoms with Crippen LogP contribution in [0.5, 0.6) is 5.75 Å². The zero-order valence-corrected chi connectivity index (χ0v) is 11.1. The quantitative estimate of drug-likeness (QED) is 0.678. The molecular formula is C17H15NO. The topological polar surface area (TPSA) is 22.1 Å². The van der Waals surface area contributed by atoms with Crippen molar-refractivity contribution in [2.75, 3.05) is 7.11 Å². The molecule has 3 rings (SSSR count). The molecular weight excluding hydrogens is 234 g/mol. The van der Waals surface area contributed by atoms with Gasteiger partial charge in [0.25, 0.3) is 0 Å². The number of aromatic nitrogens is 1. The lowest BCUT2D eigenvalue weighted by Gasteiger charge is -2.10. The highest BCUT2D eigenvalue weighted by Gasteiger charge is 2.08. The number of fused-ring (bicyclic) bond motifs is 1. The Kier molecular flexibility index (Phi) is 2.92. The third-order valence-electron chi connectivity index (χ3n) is 3.28. The number of ether oxygens (including phenoxy) is 1. The fraction of sp³-hybridized carbons (Fsp3) is 0.118. The van der Waals surface area contributed by atoms with Crippen molar-refractivity contribution in [3.63, 3.8) is 0 Å². The number of pyridine rings is 1. The Morgan fingerprint density at radius 3 is 2.47 bits per heavy atom. The predicted octanol–water partition coefficient (Wildman–Crippen LogP) is 4.22. The maximum absolute atomic E-state index is 5.39. The van der Waals surface area contributed by atoms with Gasteiger partial charge in [0.05, 0.1) is 18.3 Å². The van der Waals surface area contributed by atoms with Crippen LogP contribution >= 0.6 is 0 Å². The third kappa shape index (κ3) is 2.06. The smallest absolute Gasteiger partial charge is 0.128 e. The third-order valence-corrected chi connectivity index (χ3v) is 3.28. The van der Waals surface area contributed by atoms with Crippen molar-refractivity contribution < 1.29 is 4.74 Å². The van der Waals surface area contributed by atoms with Gasteiger partial charge in [0.2, 0.25) is 0 Å². The van der Waals surface area contributed by atoms with Crippen molar-refractivity contribution in [1.29, 1.82) is 0 Å². The molecule has 0 aliphatic rings. The average molecular weight is 249 g/mol. The van der Waals surface area contributed by atoms with E-state index in [1.54, 1.807) is 7.11 Å². The largest absolute Gasteiger partial charge is 0.496 e. The lowest BCUT2D eigenvalue weighted by molar-refractivity contribution is 0.419. The van der Waals surface area contributed by atoms with Crippen LogP contribution in [0.4, 0.5) is 0 Å². The standard InChI is InChI=1S/C17H15NO/c1-12-11-14-15(9-6-10-16(14)19-2)18-17(12)13-7-4-3-5-8-13/h3-11H,1-2H3. The molecule has 0 bridgehead atoms. The highest BCUT2D eigenvalue weighted by molar-refractivity contribution is 5.88. The Hall–Kier alpha value is -2.35. The van der Waals surface area contributed by atoms with Crippen LogP contribution in [-0.2, 0) is 0 Å². The second-order valence-electron chi connectivity index (χ2n) is 4.55. The zero-order chi connectivity index (χ0) is 13.2. The molecule has 2 heteroatoms. The van der Waals surface area contributed by atoms with E-state index in [1.165, 1.54) is 0 Å². The number of methoxy groups -OCH3 is 1. The van der Waals surface area contributed by atoms with Crippen LogP contribution in [0, 0.1) is 6.92 Å². The van der Waals surface area contributed by atoms with Gasteiger partial charge in [-0.05, 0) is 30.7 Å². The van der Waals surface area contributed by atoms with Gasteiger partial charge in [-0.15, -0.1) is 0 Å². The Bertz CT molecular complexity index is 720. The van der Waals surface area contributed by atoms with Gasteiger partial charge in [-0.3, -0.25) is 0 Å². The summed E-state index contributed by atoms with van der Waals surface area (Å²) in [6.45, 7) is 2.08. The van der Waals surface area contributed by atoms with Crippen LogP contribution in [0.3, 0.4) is 0 Å². The maximum Gasteiger partial charge on any atom is 0.128 e. The van der Waals surface area contributed by atoms with Crippen LogP contribution in [0.2, 0.25) is 0 Å². The average Bonchev–Trinajstić information content (AvgIpc) is 2.47. The normalized spacial score (nSPS) is 10.6. The molecule has 0 aliphatic heterocycles. The van der Waals surface area contributed by atoms with Crippen LogP contribution in [0.15, 0.2) is 54.6 Å². The van der Waals surface area contributed by atoms with E-state index in [2.05, 4.69) is 25.1 Å². The van der Waals surface area contributed by atoms with Gasteiger partial charge < -0.3 is 4.74 Å². The highest BCUT2D eigenvalue weighted by atomic mass is 16.5. The minimum absolute atomic E-state index is 0.868. The zero-order valence-electron chi connectivity index (χ0n) is 11.1. The van der Waals surface area contributed by atoms with E-state index in [0.717, 1.165) is 33.5 Å². The minimum atomic E-state index is 0.868. The van der Waals surface area contributed by atoms with E-state index in [-0.39, 0.29) is 0 Å². The minimum Gasteiger partial charge on any atom is -0.496 e. The number of rotatable bonds is 2. The lowest BCUT2D eigenvalue weighted by atomic mass is 10.0. The summed E-state index contributed by atoms with van der Waals surface area (Å²) in [4.78, 5) is 4.77. The predicted molar refractivity (Wildman–Crippen MR) is 78.5 cm³/mol. The lowest BCUT2D eigenvalue weighted by Crippen LogP contribution is -1.92. The molecule has 2 aromatic carbocycles. The first-order chi connectivity index (χ1) is 9.29. The summed E-state index contributed by atoms with van der Waals surface area (Å²) in [7, 11) is 1.69. The number of aryl methyl sites for hydroxylation is 1. The Balaban J connectivity index is 2.26. The summed E-state index contributed by atoms with van der Waals surface area (Å²) in [5.74, 6) is 0.868. The number of hydrogen-bond acceptors (Lipinski definition) is 2. The molecule has 1 heterocycles. The highest BCUT2D eigenvalue weighted by Crippen LogP contribution is 2.29. The molecule has 3 aromatic rings. The van der Waals surface area contributed by atoms with Crippen molar-refractivity contribution >= 4 is 10.9 Å². The fourth-order valence-electron chi connectivity index (χ4n) is 2.33. The molecule has 0 fully saturated rings. The SMILES string of the molecule is COc1cccc2nc(-c3ccccc3)c(C)cc12. The first-order valence-electron chi connectivity index (χ1n) is 6.29. The summed E-state index contributed by atoms with van der Waals surface area (Å²) in [5.41, 5.74) is 4.29. The van der Waals surface area contributed by atoms with E-state index < -0.39 is 0 Å². The van der Waals surface area contributed by atoms with Crippen molar-refractivity contribution in [2.24, 2.45) is 0 Å². The van der Waals surface area contributed by atoms with E-state index in [0.29, 0.717) is 0 Å². The summed E-state index contributed by atoms with van der Waals surface area (Å²) in [5, 5.41) is 1.06. The van der Waals surface area contributed by atoms with Crippen molar-refractivity contribution in [2.45, 2.75) is 6.92 Å². The van der Waals surface area contributed by atoms with Crippen LogP contribution < -0.4 is 4.74 Å². The first kappa shape index (κ1) is 11.7. The van der Waals surface area contributed by atoms with Crippen LogP contribution in [0.25, 0.3) is 22.2 Å². The summed E-state index contributed by atoms with van der Waals surface area (Å²) < 4.78 is 5.39. The maximum atomic E-state index is 5.39. The Labute approximate surface area is 112 Å². The van der Waals surface area contributed by atoms with Crippen molar-refractivity contribution in [3.8, 4) is 17.0 Å². The monoisotopic (exact) mass is 249 g/mol. The molecule has 0 radical (unpaired) electrons. The van der Waals surface area contributed by atoms with E-state index in [9.17, 15) is 0 Å². The first-order valence-corrected chi connectivity index (χ1v) is 6.29. The molecule has 2 nitrogen and oxygen atoms in total. The van der Waals surface area contributed by atoms with Crippen molar-refractivity contribution in [3.05, 3.63) is 60.2 Å². The van der Waals surface area contributed by atoms with E-state index in [1.807, 2.05) is 36.4 Å². The molecule has 0 N–H and O–H groups in total. The van der Waals surface area contributed by atoms with Gasteiger partial charge in [0.15, 0.2) is 0 Å². The van der Waals surface area contributed by atoms with Gasteiger partial charge in [0, 0.05) is 10.9 Å². The molecule has 0 unspecified atom stereocenters. The molecule has 1 aromatic heterocycles. The molecule has 0 saturated carbocycles. The van der Waals surface area contributed by atoms with E-state index >= 15 is 0 Å². The summed E-state index contributed by atoms with van der Waals surface area (Å²) >= 11 is 0. The molecule has 0 aliphatic carbocycles. The summed E-state index contributed by atoms with van der Waals surface area (Å²) in [6.07, 6.45) is 0. The second-order valence-corrected chi connectivity index (χ2v) is 4.55. The molecule has 19 heavy (non-hydrogen) atoms. The van der Waals surface area contributed by atoms with Gasteiger partial charge >= 0.3 is 0 Å². The van der Waals surface area contributed by atoms with Crippen molar-refractivity contribution in [1.82, 2.24) is 4.98 Å². The molecule has 0 amide bonds. The van der Waals surface area contributed by atoms with Crippen LogP contribution in [-0.4, -0.2) is 12.1 Å². The molecule has 94 valence electrons.